The maximum Gasteiger partial charge on any atom is 0.264 e. The molecule has 0 aliphatic carbocycles. The number of amides is 2. The van der Waals surface area contributed by atoms with Crippen molar-refractivity contribution < 1.29 is 22.7 Å². The number of carbonyl (C=O) groups excluding carboxylic acids is 2. The minimum absolute atomic E-state index is 0.0519. The quantitative estimate of drug-likeness (QED) is 0.191. The fourth-order valence-corrected chi connectivity index (χ4v) is 6.80. The van der Waals surface area contributed by atoms with Gasteiger partial charge in [0.15, 0.2) is 0 Å². The van der Waals surface area contributed by atoms with Crippen LogP contribution in [0.4, 0.5) is 5.69 Å². The molecule has 9 heteroatoms. The Kier molecular flexibility index (Phi) is 11.1. The van der Waals surface area contributed by atoms with Crippen molar-refractivity contribution in [2.45, 2.75) is 71.0 Å². The van der Waals surface area contributed by atoms with E-state index in [0.29, 0.717) is 11.4 Å². The van der Waals surface area contributed by atoms with Crippen LogP contribution < -0.4 is 14.4 Å². The number of hydrogen-bond donors (Lipinski definition) is 1. The maximum absolute atomic E-state index is 14.7. The number of carbonyl (C=O) groups is 2. The average molecular weight is 656 g/mol. The number of nitrogens with one attached hydrogen (secondary N) is 1. The first-order valence-corrected chi connectivity index (χ1v) is 17.1. The average Bonchev–Trinajstić information content (AvgIpc) is 3.03. The monoisotopic (exact) mass is 655 g/mol. The minimum Gasteiger partial charge on any atom is -0.497 e. The minimum atomic E-state index is -4.19. The van der Waals surface area contributed by atoms with Crippen LogP contribution in [0.1, 0.15) is 48.6 Å². The van der Waals surface area contributed by atoms with E-state index in [2.05, 4.69) is 5.32 Å². The van der Waals surface area contributed by atoms with Crippen molar-refractivity contribution in [3.63, 3.8) is 0 Å². The van der Waals surface area contributed by atoms with Gasteiger partial charge in [-0.2, -0.15) is 0 Å². The van der Waals surface area contributed by atoms with Crippen LogP contribution in [0.5, 0.6) is 5.75 Å². The molecule has 0 bridgehead atoms. The van der Waals surface area contributed by atoms with Gasteiger partial charge >= 0.3 is 0 Å². The van der Waals surface area contributed by atoms with Crippen LogP contribution in [0.15, 0.2) is 102 Å². The number of methoxy groups -OCH3 is 1. The molecule has 0 radical (unpaired) electrons. The second-order valence-electron chi connectivity index (χ2n) is 12.9. The zero-order valence-electron chi connectivity index (χ0n) is 28.3. The van der Waals surface area contributed by atoms with E-state index >= 15 is 0 Å². The van der Waals surface area contributed by atoms with E-state index in [1.807, 2.05) is 96.1 Å². The Labute approximate surface area is 279 Å². The molecule has 4 rings (SSSR count). The number of benzene rings is 4. The lowest BCUT2D eigenvalue weighted by Gasteiger charge is -2.35. The highest BCUT2D eigenvalue weighted by molar-refractivity contribution is 7.92. The van der Waals surface area contributed by atoms with E-state index in [-0.39, 0.29) is 23.8 Å². The van der Waals surface area contributed by atoms with E-state index in [4.69, 9.17) is 4.74 Å². The van der Waals surface area contributed by atoms with Gasteiger partial charge in [-0.25, -0.2) is 8.42 Å². The second kappa shape index (κ2) is 14.9. The summed E-state index contributed by atoms with van der Waals surface area (Å²) in [7, 11) is -2.63. The zero-order chi connectivity index (χ0) is 34.4. The van der Waals surface area contributed by atoms with Gasteiger partial charge in [0, 0.05) is 18.5 Å². The number of aryl methyl sites for hydroxylation is 2. The Balaban J connectivity index is 1.86. The molecule has 0 spiro atoms. The van der Waals surface area contributed by atoms with E-state index in [9.17, 15) is 18.0 Å². The molecule has 0 aliphatic heterocycles. The maximum atomic E-state index is 14.7. The second-order valence-corrected chi connectivity index (χ2v) is 14.7. The first-order valence-electron chi connectivity index (χ1n) is 15.6. The highest BCUT2D eigenvalue weighted by Gasteiger charge is 2.36. The number of anilines is 1. The largest absolute Gasteiger partial charge is 0.497 e. The molecule has 0 saturated carbocycles. The lowest BCUT2D eigenvalue weighted by Crippen LogP contribution is -2.56. The molecule has 0 aliphatic rings. The topological polar surface area (TPSA) is 96.0 Å². The van der Waals surface area contributed by atoms with Gasteiger partial charge in [0.25, 0.3) is 10.0 Å². The summed E-state index contributed by atoms with van der Waals surface area (Å²) in [6.07, 6.45) is 0.229. The molecule has 47 heavy (non-hydrogen) atoms. The van der Waals surface area contributed by atoms with Gasteiger partial charge in [-0.15, -0.1) is 0 Å². The van der Waals surface area contributed by atoms with Crippen LogP contribution >= 0.6 is 0 Å². The fraction of sp³-hybridized carbons (Fsp3) is 0.316. The Hall–Kier alpha value is -4.63. The van der Waals surface area contributed by atoms with Gasteiger partial charge < -0.3 is 15.0 Å². The molecule has 1 N–H and O–H groups in total. The van der Waals surface area contributed by atoms with Gasteiger partial charge in [0.2, 0.25) is 11.8 Å². The van der Waals surface area contributed by atoms with Crippen molar-refractivity contribution in [1.82, 2.24) is 10.2 Å². The van der Waals surface area contributed by atoms with Crippen molar-refractivity contribution in [1.29, 1.82) is 0 Å². The van der Waals surface area contributed by atoms with Crippen molar-refractivity contribution in [3.05, 3.63) is 125 Å². The van der Waals surface area contributed by atoms with Gasteiger partial charge in [-0.05, 0) is 94.1 Å². The summed E-state index contributed by atoms with van der Waals surface area (Å²) < 4.78 is 35.3. The summed E-state index contributed by atoms with van der Waals surface area (Å²) in [6.45, 7) is 10.8. The fourth-order valence-electron chi connectivity index (χ4n) is 5.33. The van der Waals surface area contributed by atoms with Crippen LogP contribution in [0.2, 0.25) is 0 Å². The van der Waals surface area contributed by atoms with Crippen LogP contribution in [0, 0.1) is 20.8 Å². The Bertz CT molecular complexity index is 1800. The van der Waals surface area contributed by atoms with Gasteiger partial charge in [-0.1, -0.05) is 72.3 Å². The molecule has 0 heterocycles. The van der Waals surface area contributed by atoms with Crippen LogP contribution in [0.3, 0.4) is 0 Å². The number of nitrogens with zero attached hydrogens (tertiary/aromatic N) is 2. The van der Waals surface area contributed by atoms with E-state index < -0.39 is 34.1 Å². The summed E-state index contributed by atoms with van der Waals surface area (Å²) >= 11 is 0. The normalized spacial score (nSPS) is 12.2. The third-order valence-corrected chi connectivity index (χ3v) is 9.76. The van der Waals surface area contributed by atoms with Gasteiger partial charge in [-0.3, -0.25) is 13.9 Å². The summed E-state index contributed by atoms with van der Waals surface area (Å²) in [5.41, 5.74) is 3.97. The van der Waals surface area contributed by atoms with E-state index in [0.717, 1.165) is 27.8 Å². The lowest BCUT2D eigenvalue weighted by molar-refractivity contribution is -0.140. The smallest absolute Gasteiger partial charge is 0.264 e. The Morgan fingerprint density at radius 1 is 0.830 bits per heavy atom. The van der Waals surface area contributed by atoms with Crippen LogP contribution in [0.25, 0.3) is 0 Å². The molecule has 0 aromatic heterocycles. The third-order valence-electron chi connectivity index (χ3n) is 7.99. The van der Waals surface area contributed by atoms with Crippen LogP contribution in [-0.4, -0.2) is 50.4 Å². The molecule has 0 fully saturated rings. The van der Waals surface area contributed by atoms with Crippen LogP contribution in [-0.2, 0) is 32.6 Å². The Morgan fingerprint density at radius 3 is 2.11 bits per heavy atom. The van der Waals surface area contributed by atoms with E-state index in [1.54, 1.807) is 49.6 Å². The number of ether oxygens (including phenoxy) is 1. The molecule has 4 aromatic carbocycles. The first kappa shape index (κ1) is 35.2. The molecule has 8 nitrogen and oxygen atoms in total. The highest BCUT2D eigenvalue weighted by atomic mass is 32.2. The molecule has 4 aromatic rings. The molecule has 2 amide bonds. The summed E-state index contributed by atoms with van der Waals surface area (Å²) in [4.78, 5) is 30.4. The first-order chi connectivity index (χ1) is 22.2. The third kappa shape index (κ3) is 9.01. The van der Waals surface area contributed by atoms with Crippen molar-refractivity contribution in [3.8, 4) is 5.75 Å². The number of hydrogen-bond acceptors (Lipinski definition) is 5. The van der Waals surface area contributed by atoms with Crippen molar-refractivity contribution in [2.75, 3.05) is 18.0 Å². The molecule has 0 unspecified atom stereocenters. The van der Waals surface area contributed by atoms with Gasteiger partial charge in [0.1, 0.15) is 18.3 Å². The number of rotatable bonds is 12. The summed E-state index contributed by atoms with van der Waals surface area (Å²) in [6, 6.07) is 27.8. The SMILES string of the molecule is COc1cccc(CN(C(=O)CN(c2cccc(C)c2C)S(=O)(=O)c2ccc(C)cc2)[C@@H](Cc2ccccc2)C(=O)NC(C)(C)C)c1. The molecular formula is C38H45N3O5S. The molecular weight excluding hydrogens is 611 g/mol. The lowest BCUT2D eigenvalue weighted by atomic mass is 10.0. The predicted octanol–water partition coefficient (Wildman–Crippen LogP) is 6.37. The highest BCUT2D eigenvalue weighted by Crippen LogP contribution is 2.30. The van der Waals surface area contributed by atoms with Crippen molar-refractivity contribution >= 4 is 27.5 Å². The van der Waals surface area contributed by atoms with Gasteiger partial charge in [0.05, 0.1) is 17.7 Å². The predicted molar refractivity (Wildman–Crippen MR) is 187 cm³/mol. The zero-order valence-corrected chi connectivity index (χ0v) is 29.1. The molecule has 0 saturated heterocycles. The summed E-state index contributed by atoms with van der Waals surface area (Å²) in [5, 5.41) is 3.06. The van der Waals surface area contributed by atoms with Crippen molar-refractivity contribution in [2.24, 2.45) is 0 Å². The molecule has 1 atom stereocenters. The number of sulfonamides is 1. The molecule has 248 valence electrons. The van der Waals surface area contributed by atoms with E-state index in [1.165, 1.54) is 9.21 Å². The summed E-state index contributed by atoms with van der Waals surface area (Å²) in [5.74, 6) is -0.251. The Morgan fingerprint density at radius 2 is 1.47 bits per heavy atom. The standard InChI is InChI=1S/C38H45N3O5S/c1-27-19-21-33(22-20-27)47(44,45)41(34-18-11-13-28(2)29(34)3)26-36(42)40(25-31-16-12-17-32(23-31)46-7)35(37(43)39-38(4,5)6)24-30-14-9-8-10-15-30/h8-23,35H,24-26H2,1-7H3,(H,39,43)/t35-/m0/s1.